The molecule has 1 N–H and O–H groups in total. The summed E-state index contributed by atoms with van der Waals surface area (Å²) < 4.78 is 0.664. The third-order valence-corrected chi connectivity index (χ3v) is 5.46. The van der Waals surface area contributed by atoms with E-state index >= 15 is 0 Å². The Morgan fingerprint density at radius 1 is 0.958 bits per heavy atom. The summed E-state index contributed by atoms with van der Waals surface area (Å²) in [4.78, 5) is 13.2. The summed E-state index contributed by atoms with van der Waals surface area (Å²) in [7, 11) is 0. The highest BCUT2D eigenvalue weighted by Gasteiger charge is 2.13. The summed E-state index contributed by atoms with van der Waals surface area (Å²) in [5.74, 6) is -0.294. The van der Waals surface area contributed by atoms with E-state index in [9.17, 15) is 10.1 Å². The van der Waals surface area contributed by atoms with E-state index in [4.69, 9.17) is 23.2 Å². The number of hydrogen-bond acceptors (Lipinski definition) is 4. The lowest BCUT2D eigenvalue weighted by Gasteiger charge is -2.11. The van der Waals surface area contributed by atoms with E-state index in [0.717, 1.165) is 9.79 Å². The number of benzene rings is 2. The maximum atomic E-state index is 11.4. The molecule has 0 aromatic heterocycles. The Kier molecular flexibility index (Phi) is 7.07. The summed E-state index contributed by atoms with van der Waals surface area (Å²) in [6, 6.07) is 16.6. The fourth-order valence-electron chi connectivity index (χ4n) is 1.64. The van der Waals surface area contributed by atoms with Crippen molar-refractivity contribution in [2.45, 2.75) is 16.7 Å². The Morgan fingerprint density at radius 2 is 1.38 bits per heavy atom. The number of amides is 1. The highest BCUT2D eigenvalue weighted by atomic mass is 35.5. The molecule has 24 heavy (non-hydrogen) atoms. The summed E-state index contributed by atoms with van der Waals surface area (Å²) in [5, 5.41) is 13.3. The molecule has 122 valence electrons. The van der Waals surface area contributed by atoms with Crippen LogP contribution in [0.5, 0.6) is 0 Å². The normalized spacial score (nSPS) is 9.92. The van der Waals surface area contributed by atoms with Gasteiger partial charge < -0.3 is 5.32 Å². The van der Waals surface area contributed by atoms with E-state index in [2.05, 4.69) is 11.4 Å². The average molecular weight is 395 g/mol. The van der Waals surface area contributed by atoms with Crippen molar-refractivity contribution in [1.29, 1.82) is 5.26 Å². The van der Waals surface area contributed by atoms with Gasteiger partial charge in [-0.1, -0.05) is 46.7 Å². The zero-order valence-corrected chi connectivity index (χ0v) is 15.7. The first kappa shape index (κ1) is 18.8. The number of carbonyl (C=O) groups excluding carboxylic acids is 1. The molecule has 0 unspecified atom stereocenters. The number of carbonyl (C=O) groups is 1. The minimum absolute atomic E-state index is 0.211. The van der Waals surface area contributed by atoms with E-state index < -0.39 is 0 Å². The van der Waals surface area contributed by atoms with E-state index in [1.54, 1.807) is 24.3 Å². The van der Waals surface area contributed by atoms with Gasteiger partial charge in [0.15, 0.2) is 0 Å². The van der Waals surface area contributed by atoms with Gasteiger partial charge in [0.1, 0.15) is 11.8 Å². The van der Waals surface area contributed by atoms with Gasteiger partial charge in [-0.3, -0.25) is 4.79 Å². The lowest BCUT2D eigenvalue weighted by molar-refractivity contribution is -0.118. The molecule has 0 aliphatic rings. The van der Waals surface area contributed by atoms with Crippen molar-refractivity contribution in [3.63, 3.8) is 0 Å². The number of hydrogen-bond donors (Lipinski definition) is 1. The molecule has 0 heterocycles. The minimum atomic E-state index is -0.294. The van der Waals surface area contributed by atoms with Gasteiger partial charge in [-0.25, -0.2) is 0 Å². The molecular formula is C17H12Cl2N2OS2. The monoisotopic (exact) mass is 394 g/mol. The third-order valence-electron chi connectivity index (χ3n) is 2.67. The number of nitrogens with one attached hydrogen (secondary N) is 1. The van der Waals surface area contributed by atoms with Gasteiger partial charge in [0.25, 0.3) is 0 Å². The van der Waals surface area contributed by atoms with E-state index in [-0.39, 0.29) is 11.6 Å². The Balaban J connectivity index is 2.34. The van der Waals surface area contributed by atoms with Gasteiger partial charge in [0.2, 0.25) is 5.91 Å². The van der Waals surface area contributed by atoms with Crippen molar-refractivity contribution in [1.82, 2.24) is 5.32 Å². The number of thioether (sulfide) groups is 2. The van der Waals surface area contributed by atoms with Crippen LogP contribution in [0.25, 0.3) is 0 Å². The number of nitrogens with zero attached hydrogens (tertiary/aromatic N) is 1. The van der Waals surface area contributed by atoms with Crippen LogP contribution in [0.2, 0.25) is 10.0 Å². The highest BCUT2D eigenvalue weighted by Crippen LogP contribution is 2.41. The molecular weight excluding hydrogens is 383 g/mol. The summed E-state index contributed by atoms with van der Waals surface area (Å²) in [6.45, 7) is 1.37. The third kappa shape index (κ3) is 5.81. The first-order chi connectivity index (χ1) is 11.5. The quantitative estimate of drug-likeness (QED) is 0.521. The van der Waals surface area contributed by atoms with Gasteiger partial charge >= 0.3 is 0 Å². The van der Waals surface area contributed by atoms with Crippen LogP contribution in [0.3, 0.4) is 0 Å². The van der Waals surface area contributed by atoms with Crippen LogP contribution < -0.4 is 5.32 Å². The van der Waals surface area contributed by atoms with Crippen LogP contribution in [0.4, 0.5) is 0 Å². The molecule has 0 spiro atoms. The van der Waals surface area contributed by atoms with Crippen LogP contribution in [0.1, 0.15) is 6.92 Å². The van der Waals surface area contributed by atoms with Gasteiger partial charge in [0, 0.05) is 26.8 Å². The number of nitriles is 1. The maximum absolute atomic E-state index is 11.4. The SMILES string of the molecule is CC(=O)NC(C#N)=C(Sc1ccc(Cl)cc1)Sc1ccc(Cl)cc1. The Labute approximate surface area is 159 Å². The molecule has 0 fully saturated rings. The molecule has 0 saturated carbocycles. The second-order valence-corrected chi connectivity index (χ2v) is 7.87. The van der Waals surface area contributed by atoms with Gasteiger partial charge in [-0.05, 0) is 48.5 Å². The fraction of sp³-hybridized carbons (Fsp3) is 0.0588. The molecule has 2 aromatic rings. The average Bonchev–Trinajstić information content (AvgIpc) is 2.56. The zero-order chi connectivity index (χ0) is 17.5. The van der Waals surface area contributed by atoms with Crippen molar-refractivity contribution >= 4 is 52.6 Å². The smallest absolute Gasteiger partial charge is 0.221 e. The summed E-state index contributed by atoms with van der Waals surface area (Å²) in [6.07, 6.45) is 0. The van der Waals surface area contributed by atoms with Crippen molar-refractivity contribution in [3.05, 3.63) is 68.5 Å². The summed E-state index contributed by atoms with van der Waals surface area (Å²) >= 11 is 14.6. The topological polar surface area (TPSA) is 52.9 Å². The molecule has 7 heteroatoms. The van der Waals surface area contributed by atoms with Gasteiger partial charge in [0.05, 0.1) is 4.24 Å². The zero-order valence-electron chi connectivity index (χ0n) is 12.5. The van der Waals surface area contributed by atoms with Gasteiger partial charge in [-0.2, -0.15) is 5.26 Å². The van der Waals surface area contributed by atoms with E-state index in [1.807, 2.05) is 24.3 Å². The van der Waals surface area contributed by atoms with Crippen molar-refractivity contribution in [3.8, 4) is 6.07 Å². The van der Waals surface area contributed by atoms with Crippen LogP contribution >= 0.6 is 46.7 Å². The molecule has 0 saturated heterocycles. The number of halogens is 2. The van der Waals surface area contributed by atoms with Gasteiger partial charge in [-0.15, -0.1) is 0 Å². The molecule has 0 radical (unpaired) electrons. The lowest BCUT2D eigenvalue weighted by Crippen LogP contribution is -2.18. The molecule has 3 nitrogen and oxygen atoms in total. The predicted octanol–water partition coefficient (Wildman–Crippen LogP) is 5.71. The molecule has 2 aromatic carbocycles. The molecule has 0 aliphatic heterocycles. The van der Waals surface area contributed by atoms with E-state index in [0.29, 0.717) is 14.3 Å². The predicted molar refractivity (Wildman–Crippen MR) is 101 cm³/mol. The van der Waals surface area contributed by atoms with Crippen LogP contribution in [-0.4, -0.2) is 5.91 Å². The summed E-state index contributed by atoms with van der Waals surface area (Å²) in [5.41, 5.74) is 0.211. The molecule has 0 bridgehead atoms. The first-order valence-corrected chi connectivity index (χ1v) is 9.15. The number of allylic oxidation sites excluding steroid dienone is 1. The second-order valence-electron chi connectivity index (χ2n) is 4.57. The highest BCUT2D eigenvalue weighted by molar-refractivity contribution is 8.22. The Bertz CT molecular complexity index is 747. The first-order valence-electron chi connectivity index (χ1n) is 6.76. The Morgan fingerprint density at radius 3 is 1.71 bits per heavy atom. The fourth-order valence-corrected chi connectivity index (χ4v) is 4.01. The van der Waals surface area contributed by atoms with Crippen LogP contribution in [-0.2, 0) is 4.79 Å². The lowest BCUT2D eigenvalue weighted by atomic mass is 10.4. The second kappa shape index (κ2) is 9.05. The molecule has 0 atom stereocenters. The molecule has 1 amide bonds. The number of rotatable bonds is 5. The maximum Gasteiger partial charge on any atom is 0.221 e. The van der Waals surface area contributed by atoms with E-state index in [1.165, 1.54) is 30.4 Å². The Hall–Kier alpha value is -1.58. The van der Waals surface area contributed by atoms with Crippen molar-refractivity contribution in [2.24, 2.45) is 0 Å². The molecule has 2 rings (SSSR count). The van der Waals surface area contributed by atoms with Crippen molar-refractivity contribution in [2.75, 3.05) is 0 Å². The van der Waals surface area contributed by atoms with Crippen LogP contribution in [0, 0.1) is 11.3 Å². The standard InChI is InChI=1S/C17H12Cl2N2OS2/c1-11(22)21-16(10-20)17(23-14-6-2-12(18)3-7-14)24-15-8-4-13(19)5-9-15/h2-9H,1H3,(H,21,22). The van der Waals surface area contributed by atoms with Crippen LogP contribution in [0.15, 0.2) is 68.3 Å². The minimum Gasteiger partial charge on any atom is -0.316 e. The molecule has 0 aliphatic carbocycles. The van der Waals surface area contributed by atoms with Crippen molar-refractivity contribution < 1.29 is 4.79 Å². The largest absolute Gasteiger partial charge is 0.316 e.